The Bertz CT molecular complexity index is 750. The Hall–Kier alpha value is -1.98. The van der Waals surface area contributed by atoms with Gasteiger partial charge in [0.1, 0.15) is 0 Å². The lowest BCUT2D eigenvalue weighted by Crippen LogP contribution is -2.41. The predicted molar refractivity (Wildman–Crippen MR) is 96.8 cm³/mol. The van der Waals surface area contributed by atoms with Gasteiger partial charge in [-0.2, -0.15) is 0 Å². The highest BCUT2D eigenvalue weighted by molar-refractivity contribution is 5.81. The van der Waals surface area contributed by atoms with Crippen LogP contribution in [0, 0.1) is 11.8 Å². The number of hydrogen-bond acceptors (Lipinski definition) is 4. The van der Waals surface area contributed by atoms with Gasteiger partial charge < -0.3 is 10.5 Å². The standard InChI is InChI=1S/C20H25N3O2/c21-20(24)17-8-12-25-19(17)15-6-10-23(11-7-15)13-16-4-1-3-14-5-2-9-22-18(14)16/h1-5,9,15,17,19H,6-8,10-13H2,(H2,21,24)/t17-,19+/m0/s1. The zero-order valence-electron chi connectivity index (χ0n) is 14.4. The summed E-state index contributed by atoms with van der Waals surface area (Å²) < 4.78 is 5.85. The van der Waals surface area contributed by atoms with E-state index in [0.717, 1.165) is 44.4 Å². The van der Waals surface area contributed by atoms with E-state index in [1.807, 2.05) is 12.3 Å². The molecule has 2 saturated heterocycles. The predicted octanol–water partition coefficient (Wildman–Crippen LogP) is 2.34. The number of fused-ring (bicyclic) bond motifs is 1. The minimum Gasteiger partial charge on any atom is -0.377 e. The third kappa shape index (κ3) is 3.39. The van der Waals surface area contributed by atoms with Gasteiger partial charge in [-0.05, 0) is 49.9 Å². The fourth-order valence-corrected chi connectivity index (χ4v) is 4.36. The topological polar surface area (TPSA) is 68.5 Å². The second kappa shape index (κ2) is 7.10. The first-order valence-corrected chi connectivity index (χ1v) is 9.18. The molecule has 0 bridgehead atoms. The van der Waals surface area contributed by atoms with Crippen LogP contribution in [0.5, 0.6) is 0 Å². The number of para-hydroxylation sites is 1. The van der Waals surface area contributed by atoms with Crippen molar-refractivity contribution in [1.82, 2.24) is 9.88 Å². The molecule has 0 aliphatic carbocycles. The summed E-state index contributed by atoms with van der Waals surface area (Å²) in [6.07, 6.45) is 4.79. The van der Waals surface area contributed by atoms with Gasteiger partial charge in [0.25, 0.3) is 0 Å². The maximum Gasteiger partial charge on any atom is 0.223 e. The zero-order chi connectivity index (χ0) is 17.2. The van der Waals surface area contributed by atoms with E-state index in [9.17, 15) is 4.79 Å². The summed E-state index contributed by atoms with van der Waals surface area (Å²) in [5, 5.41) is 1.19. The molecule has 25 heavy (non-hydrogen) atoms. The van der Waals surface area contributed by atoms with Gasteiger partial charge in [-0.25, -0.2) is 0 Å². The van der Waals surface area contributed by atoms with Crippen molar-refractivity contribution >= 4 is 16.8 Å². The van der Waals surface area contributed by atoms with Gasteiger partial charge >= 0.3 is 0 Å². The number of ether oxygens (including phenoxy) is 1. The molecule has 1 amide bonds. The Balaban J connectivity index is 1.40. The number of rotatable bonds is 4. The quantitative estimate of drug-likeness (QED) is 0.928. The van der Waals surface area contributed by atoms with Crippen molar-refractivity contribution in [2.75, 3.05) is 19.7 Å². The molecule has 1 aromatic heterocycles. The van der Waals surface area contributed by atoms with Crippen LogP contribution in [-0.4, -0.2) is 41.6 Å². The molecule has 2 aromatic rings. The molecular weight excluding hydrogens is 314 g/mol. The van der Waals surface area contributed by atoms with Crippen molar-refractivity contribution in [2.24, 2.45) is 17.6 Å². The van der Waals surface area contributed by atoms with Gasteiger partial charge in [0.05, 0.1) is 17.5 Å². The van der Waals surface area contributed by atoms with Crippen LogP contribution < -0.4 is 5.73 Å². The molecule has 2 atom stereocenters. The second-order valence-corrected chi connectivity index (χ2v) is 7.24. The minimum absolute atomic E-state index is 0.0267. The van der Waals surface area contributed by atoms with Crippen LogP contribution in [0.3, 0.4) is 0 Å². The first-order chi connectivity index (χ1) is 12.2. The number of likely N-dealkylation sites (tertiary alicyclic amines) is 1. The van der Waals surface area contributed by atoms with E-state index < -0.39 is 0 Å². The van der Waals surface area contributed by atoms with Crippen molar-refractivity contribution < 1.29 is 9.53 Å². The average Bonchev–Trinajstić information content (AvgIpc) is 3.13. The number of piperidine rings is 1. The molecule has 0 unspecified atom stereocenters. The van der Waals surface area contributed by atoms with E-state index in [1.54, 1.807) is 0 Å². The molecule has 2 N–H and O–H groups in total. The molecule has 0 spiro atoms. The van der Waals surface area contributed by atoms with Crippen molar-refractivity contribution in [2.45, 2.75) is 31.9 Å². The maximum absolute atomic E-state index is 11.6. The van der Waals surface area contributed by atoms with Crippen molar-refractivity contribution in [3.05, 3.63) is 42.1 Å². The van der Waals surface area contributed by atoms with Gasteiger partial charge in [0.2, 0.25) is 5.91 Å². The zero-order valence-corrected chi connectivity index (χ0v) is 14.4. The summed E-state index contributed by atoms with van der Waals surface area (Å²) in [5.41, 5.74) is 7.92. The van der Waals surface area contributed by atoms with Gasteiger partial charge in [-0.15, -0.1) is 0 Å². The van der Waals surface area contributed by atoms with Gasteiger partial charge in [0, 0.05) is 24.7 Å². The number of benzene rings is 1. The van der Waals surface area contributed by atoms with Crippen molar-refractivity contribution in [1.29, 1.82) is 0 Å². The largest absolute Gasteiger partial charge is 0.377 e. The SMILES string of the molecule is NC(=O)[C@H]1CCO[C@@H]1C1CCN(Cc2cccc3cccnc23)CC1. The number of pyridine rings is 1. The van der Waals surface area contributed by atoms with E-state index in [0.29, 0.717) is 12.5 Å². The van der Waals surface area contributed by atoms with Gasteiger partial charge in [-0.1, -0.05) is 24.3 Å². The first kappa shape index (κ1) is 16.5. The highest BCUT2D eigenvalue weighted by Crippen LogP contribution is 2.33. The minimum atomic E-state index is -0.202. The molecule has 2 aliphatic rings. The normalized spacial score (nSPS) is 25.4. The summed E-state index contributed by atoms with van der Waals surface area (Å²) in [7, 11) is 0. The number of nitrogens with zero attached hydrogens (tertiary/aromatic N) is 2. The lowest BCUT2D eigenvalue weighted by Gasteiger charge is -2.35. The highest BCUT2D eigenvalue weighted by Gasteiger charge is 2.39. The van der Waals surface area contributed by atoms with Crippen molar-refractivity contribution in [3.63, 3.8) is 0 Å². The van der Waals surface area contributed by atoms with Gasteiger partial charge in [-0.3, -0.25) is 14.7 Å². The molecule has 5 heteroatoms. The van der Waals surface area contributed by atoms with Crippen LogP contribution in [0.4, 0.5) is 0 Å². The first-order valence-electron chi connectivity index (χ1n) is 9.18. The Morgan fingerprint density at radius 1 is 1.20 bits per heavy atom. The molecule has 0 radical (unpaired) electrons. The number of primary amides is 1. The van der Waals surface area contributed by atoms with Crippen LogP contribution in [0.25, 0.3) is 10.9 Å². The second-order valence-electron chi connectivity index (χ2n) is 7.24. The fraction of sp³-hybridized carbons (Fsp3) is 0.500. The number of aromatic nitrogens is 1. The van der Waals surface area contributed by atoms with E-state index >= 15 is 0 Å². The molecule has 5 nitrogen and oxygen atoms in total. The number of amides is 1. The lowest BCUT2D eigenvalue weighted by molar-refractivity contribution is -0.124. The molecule has 2 fully saturated rings. The number of hydrogen-bond donors (Lipinski definition) is 1. The highest BCUT2D eigenvalue weighted by atomic mass is 16.5. The lowest BCUT2D eigenvalue weighted by atomic mass is 9.84. The summed E-state index contributed by atoms with van der Waals surface area (Å²) in [6.45, 7) is 3.64. The van der Waals surface area contributed by atoms with E-state index in [2.05, 4.69) is 34.1 Å². The summed E-state index contributed by atoms with van der Waals surface area (Å²) in [5.74, 6) is 0.146. The summed E-state index contributed by atoms with van der Waals surface area (Å²) >= 11 is 0. The van der Waals surface area contributed by atoms with E-state index in [-0.39, 0.29) is 17.9 Å². The molecule has 3 heterocycles. The Morgan fingerprint density at radius 2 is 2.00 bits per heavy atom. The molecule has 2 aliphatic heterocycles. The van der Waals surface area contributed by atoms with Crippen molar-refractivity contribution in [3.8, 4) is 0 Å². The van der Waals surface area contributed by atoms with E-state index in [1.165, 1.54) is 10.9 Å². The van der Waals surface area contributed by atoms with E-state index in [4.69, 9.17) is 10.5 Å². The maximum atomic E-state index is 11.6. The molecule has 1 aromatic carbocycles. The monoisotopic (exact) mass is 339 g/mol. The molecular formula is C20H25N3O2. The summed E-state index contributed by atoms with van der Waals surface area (Å²) in [6, 6.07) is 10.5. The van der Waals surface area contributed by atoms with Crippen LogP contribution in [0.15, 0.2) is 36.5 Å². The fourth-order valence-electron chi connectivity index (χ4n) is 4.36. The Kier molecular flexibility index (Phi) is 4.68. The van der Waals surface area contributed by atoms with Gasteiger partial charge in [0.15, 0.2) is 0 Å². The average molecular weight is 339 g/mol. The molecule has 0 saturated carbocycles. The third-order valence-corrected chi connectivity index (χ3v) is 5.71. The third-order valence-electron chi connectivity index (χ3n) is 5.71. The Morgan fingerprint density at radius 3 is 2.80 bits per heavy atom. The van der Waals surface area contributed by atoms with Crippen LogP contribution in [0.2, 0.25) is 0 Å². The summed E-state index contributed by atoms with van der Waals surface area (Å²) in [4.78, 5) is 18.6. The van der Waals surface area contributed by atoms with Crippen LogP contribution >= 0.6 is 0 Å². The Labute approximate surface area is 148 Å². The van der Waals surface area contributed by atoms with Crippen LogP contribution in [-0.2, 0) is 16.1 Å². The number of nitrogens with two attached hydrogens (primary N) is 1. The molecule has 4 rings (SSSR count). The number of carbonyl (C=O) groups is 1. The number of carbonyl (C=O) groups excluding carboxylic acids is 1. The smallest absolute Gasteiger partial charge is 0.223 e. The van der Waals surface area contributed by atoms with Crippen LogP contribution in [0.1, 0.15) is 24.8 Å². The molecule has 132 valence electrons.